The van der Waals surface area contributed by atoms with Crippen molar-refractivity contribution < 1.29 is 29.4 Å². The van der Waals surface area contributed by atoms with E-state index in [-0.39, 0.29) is 23.6 Å². The van der Waals surface area contributed by atoms with Gasteiger partial charge in [-0.1, -0.05) is 42.2 Å². The molecule has 0 radical (unpaired) electrons. The van der Waals surface area contributed by atoms with Crippen LogP contribution < -0.4 is 15.0 Å². The molecule has 1 amide bonds. The highest BCUT2D eigenvalue weighted by Crippen LogP contribution is 2.51. The summed E-state index contributed by atoms with van der Waals surface area (Å²) in [6.07, 6.45) is 5.02. The molecule has 0 unspecified atom stereocenters. The second-order valence-corrected chi connectivity index (χ2v) is 10.5. The number of carboxylic acids is 1. The molecule has 178 valence electrons. The molecule has 0 bridgehead atoms. The van der Waals surface area contributed by atoms with Crippen molar-refractivity contribution in [3.8, 4) is 0 Å². The summed E-state index contributed by atoms with van der Waals surface area (Å²) in [6, 6.07) is 7.09. The number of aromatic nitrogens is 2. The van der Waals surface area contributed by atoms with Gasteiger partial charge >= 0.3 is 0 Å². The van der Waals surface area contributed by atoms with Crippen molar-refractivity contribution in [1.82, 2.24) is 9.47 Å². The molecule has 2 aliphatic heterocycles. The number of aliphatic carboxylic acids is 1. The molecule has 4 atom stereocenters. The molecule has 5 rings (SSSR count). The second-order valence-electron chi connectivity index (χ2n) is 8.67. The number of anilines is 1. The number of aliphatic hydroxyl groups excluding tert-OH is 1. The van der Waals surface area contributed by atoms with E-state index in [0.717, 1.165) is 20.3 Å². The number of fused-ring (bicyclic) bond motifs is 2. The van der Waals surface area contributed by atoms with Gasteiger partial charge in [0.25, 0.3) is 6.33 Å². The molecule has 1 aromatic carbocycles. The average molecular weight is 501 g/mol. The Morgan fingerprint density at radius 2 is 2.06 bits per heavy atom. The number of amides is 1. The average Bonchev–Trinajstić information content (AvgIpc) is 3.41. The first kappa shape index (κ1) is 22.9. The fourth-order valence-electron chi connectivity index (χ4n) is 5.14. The lowest BCUT2D eigenvalue weighted by atomic mass is 9.77. The Balaban J connectivity index is 1.53. The lowest BCUT2D eigenvalue weighted by molar-refractivity contribution is -0.508. The van der Waals surface area contributed by atoms with Crippen LogP contribution in [0.15, 0.2) is 47.5 Å². The zero-order valence-electron chi connectivity index (χ0n) is 18.8. The van der Waals surface area contributed by atoms with Gasteiger partial charge in [-0.05, 0) is 30.9 Å². The van der Waals surface area contributed by atoms with Crippen LogP contribution in [0.2, 0.25) is 0 Å². The van der Waals surface area contributed by atoms with Gasteiger partial charge < -0.3 is 19.9 Å². The largest absolute Gasteiger partial charge is 0.543 e. The minimum atomic E-state index is -1.37. The maximum absolute atomic E-state index is 12.6. The first-order valence-electron chi connectivity index (χ1n) is 10.8. The van der Waals surface area contributed by atoms with E-state index in [1.807, 2.05) is 42.2 Å². The number of imidazole rings is 1. The molecular weight excluding hydrogens is 476 g/mol. The number of carbonyl (C=O) groups excluding carboxylic acids is 2. The Labute approximate surface area is 203 Å². The van der Waals surface area contributed by atoms with Crippen LogP contribution in [-0.2, 0) is 16.1 Å². The summed E-state index contributed by atoms with van der Waals surface area (Å²) in [6.45, 7) is 4.10. The number of nitrogens with one attached hydrogen (secondary N) is 1. The van der Waals surface area contributed by atoms with E-state index in [0.29, 0.717) is 17.8 Å². The first-order chi connectivity index (χ1) is 16.3. The van der Waals surface area contributed by atoms with Crippen molar-refractivity contribution in [3.63, 3.8) is 0 Å². The Kier molecular flexibility index (Phi) is 5.67. The van der Waals surface area contributed by atoms with Crippen LogP contribution in [0.1, 0.15) is 24.3 Å². The number of thioether (sulfide) groups is 1. The maximum Gasteiger partial charge on any atom is 0.250 e. The van der Waals surface area contributed by atoms with Gasteiger partial charge in [0, 0.05) is 11.5 Å². The van der Waals surface area contributed by atoms with E-state index in [1.165, 1.54) is 16.2 Å². The summed E-state index contributed by atoms with van der Waals surface area (Å²) in [5, 5.41) is 32.2. The fraction of sp³-hybridized carbons (Fsp3) is 0.348. The molecule has 2 aromatic heterocycles. The van der Waals surface area contributed by atoms with Crippen LogP contribution in [-0.4, -0.2) is 50.1 Å². The highest BCUT2D eigenvalue weighted by atomic mass is 32.2. The third kappa shape index (κ3) is 3.34. The van der Waals surface area contributed by atoms with Crippen molar-refractivity contribution in [3.05, 3.63) is 52.9 Å². The van der Waals surface area contributed by atoms with Gasteiger partial charge in [-0.25, -0.2) is 4.57 Å². The number of rotatable bonds is 7. The minimum Gasteiger partial charge on any atom is -0.543 e. The van der Waals surface area contributed by atoms with Crippen LogP contribution in [0.25, 0.3) is 10.4 Å². The molecule has 0 aliphatic carbocycles. The van der Waals surface area contributed by atoms with Crippen molar-refractivity contribution in [2.75, 3.05) is 11.7 Å². The van der Waals surface area contributed by atoms with Crippen LogP contribution >= 0.6 is 23.1 Å². The molecule has 3 aromatic rings. The van der Waals surface area contributed by atoms with E-state index in [2.05, 4.69) is 10.0 Å². The molecule has 2 aliphatic rings. The van der Waals surface area contributed by atoms with Crippen LogP contribution in [0, 0.1) is 11.8 Å². The Morgan fingerprint density at radius 3 is 2.65 bits per heavy atom. The zero-order chi connectivity index (χ0) is 24.3. The number of β-lactam (4-membered cyclic amide) rings is 1. The number of carboxylic acid groups (broad SMARTS) is 1. The molecule has 0 saturated carbocycles. The summed E-state index contributed by atoms with van der Waals surface area (Å²) in [5.41, 5.74) is 4.31. The van der Waals surface area contributed by atoms with Gasteiger partial charge in [-0.2, -0.15) is 4.40 Å². The molecule has 0 spiro atoms. The predicted molar refractivity (Wildman–Crippen MR) is 125 cm³/mol. The predicted octanol–water partition coefficient (Wildman–Crippen LogP) is 1.18. The monoisotopic (exact) mass is 500 g/mol. The van der Waals surface area contributed by atoms with Gasteiger partial charge in [-0.15, -0.1) is 0 Å². The summed E-state index contributed by atoms with van der Waals surface area (Å²) in [7, 11) is 0. The third-order valence-electron chi connectivity index (χ3n) is 6.67. The summed E-state index contributed by atoms with van der Waals surface area (Å²) >= 11 is 3.08. The molecule has 9 nitrogen and oxygen atoms in total. The highest BCUT2D eigenvalue weighted by Gasteiger charge is 2.59. The number of hydrogen-bond donors (Lipinski definition) is 3. The molecule has 1 fully saturated rings. The summed E-state index contributed by atoms with van der Waals surface area (Å²) in [5.74, 6) is -2.59. The number of hydrogen-bond acceptors (Lipinski definition) is 8. The summed E-state index contributed by atoms with van der Waals surface area (Å²) in [4.78, 5) is 27.7. The van der Waals surface area contributed by atoms with Gasteiger partial charge in [0.15, 0.2) is 0 Å². The van der Waals surface area contributed by atoms with Crippen molar-refractivity contribution in [1.29, 1.82) is 0 Å². The minimum absolute atomic E-state index is 0.0833. The van der Waals surface area contributed by atoms with Crippen LogP contribution in [0.4, 0.5) is 5.69 Å². The van der Waals surface area contributed by atoms with E-state index in [9.17, 15) is 19.8 Å². The van der Waals surface area contributed by atoms with Crippen LogP contribution in [0.3, 0.4) is 0 Å². The number of benzene rings is 1. The fourth-order valence-corrected chi connectivity index (χ4v) is 7.32. The molecule has 1 saturated heterocycles. The van der Waals surface area contributed by atoms with Gasteiger partial charge in [0.1, 0.15) is 12.7 Å². The van der Waals surface area contributed by atoms with E-state index < -0.39 is 18.0 Å². The van der Waals surface area contributed by atoms with Crippen molar-refractivity contribution in [2.45, 2.75) is 37.6 Å². The molecule has 4 heterocycles. The quantitative estimate of drug-likeness (QED) is 0.193. The normalized spacial score (nSPS) is 22.8. The molecular formula is C23H24N4O5S2. The van der Waals surface area contributed by atoms with E-state index in [1.54, 1.807) is 30.8 Å². The lowest BCUT2D eigenvalue weighted by Gasteiger charge is -2.47. The molecule has 11 heteroatoms. The summed E-state index contributed by atoms with van der Waals surface area (Å²) < 4.78 is 4.10. The standard InChI is InChI=1S/C23H24N4O5S2/c1-11-16(19(23(30)31)27-18(11)17(12(2)28)20(27)29)15-9-26-10-25(21(33-3)22(26)34-15)8-13-4-6-14(24-32)7-5-13/h4-7,9-12,17-18,24,28,32H,8H2,1-3H3/t11-,12+,17+,18+/m0/s1. The Morgan fingerprint density at radius 1 is 1.35 bits per heavy atom. The zero-order valence-corrected chi connectivity index (χ0v) is 20.4. The third-order valence-corrected chi connectivity index (χ3v) is 8.75. The van der Waals surface area contributed by atoms with Crippen molar-refractivity contribution in [2.24, 2.45) is 11.8 Å². The SMILES string of the molecule is CSc1c2sc(C3=C(C(=O)[O-])N4C(=O)[C@H]([C@@H](C)O)[C@H]4[C@H]3C)c[n+]2cn1Cc1ccc(NO)cc1. The molecule has 3 N–H and O–H groups in total. The molecule has 34 heavy (non-hydrogen) atoms. The van der Waals surface area contributed by atoms with Crippen molar-refractivity contribution >= 4 is 51.1 Å². The van der Waals surface area contributed by atoms with E-state index >= 15 is 0 Å². The Bertz CT molecular complexity index is 1330. The second kappa shape index (κ2) is 8.42. The lowest BCUT2D eigenvalue weighted by Crippen LogP contribution is -2.64. The van der Waals surface area contributed by atoms with Gasteiger partial charge in [0.05, 0.1) is 40.3 Å². The number of thiazole rings is 1. The maximum atomic E-state index is 12.6. The number of nitrogens with zero attached hydrogens (tertiary/aromatic N) is 3. The van der Waals surface area contributed by atoms with Gasteiger partial charge in [0.2, 0.25) is 15.8 Å². The Hall–Kier alpha value is -2.86. The van der Waals surface area contributed by atoms with Gasteiger partial charge in [-0.3, -0.25) is 15.5 Å². The smallest absolute Gasteiger partial charge is 0.250 e. The van der Waals surface area contributed by atoms with Crippen LogP contribution in [0.5, 0.6) is 0 Å². The number of carbonyl (C=O) groups is 2. The van der Waals surface area contributed by atoms with E-state index in [4.69, 9.17) is 5.21 Å². The number of aliphatic hydroxyl groups is 1. The topological polar surface area (TPSA) is 122 Å². The first-order valence-corrected chi connectivity index (χ1v) is 12.8. The highest BCUT2D eigenvalue weighted by molar-refractivity contribution is 7.98.